The van der Waals surface area contributed by atoms with Gasteiger partial charge in [-0.05, 0) is 30.3 Å². The second-order valence-corrected chi connectivity index (χ2v) is 6.80. The molecule has 1 aliphatic rings. The normalized spacial score (nSPS) is 16.0. The van der Waals surface area contributed by atoms with Gasteiger partial charge < -0.3 is 10.4 Å². The van der Waals surface area contributed by atoms with Gasteiger partial charge in [0.05, 0.1) is 36.1 Å². The summed E-state index contributed by atoms with van der Waals surface area (Å²) in [5, 5.41) is 17.7. The summed E-state index contributed by atoms with van der Waals surface area (Å²) in [7, 11) is 0. The van der Waals surface area contributed by atoms with E-state index in [1.165, 1.54) is 0 Å². The van der Waals surface area contributed by atoms with Crippen molar-refractivity contribution in [1.82, 2.24) is 25.1 Å². The third kappa shape index (κ3) is 2.82. The van der Waals surface area contributed by atoms with E-state index >= 15 is 0 Å². The van der Waals surface area contributed by atoms with Crippen molar-refractivity contribution >= 4 is 16.8 Å². The Morgan fingerprint density at radius 2 is 1.96 bits per heavy atom. The SMILES string of the molecule is O=C1NC(CO)Cn2nc(-c3ccnc(-c4cnc5ccccc5c4)c3)cc21. The molecule has 7 heteroatoms. The molecule has 4 heterocycles. The number of nitrogens with zero attached hydrogens (tertiary/aromatic N) is 4. The number of hydrogen-bond donors (Lipinski definition) is 2. The van der Waals surface area contributed by atoms with Crippen molar-refractivity contribution in [2.45, 2.75) is 12.6 Å². The molecular weight excluding hydrogens is 354 g/mol. The first kappa shape index (κ1) is 16.6. The molecule has 1 aliphatic heterocycles. The summed E-state index contributed by atoms with van der Waals surface area (Å²) in [6, 6.07) is 15.3. The quantitative estimate of drug-likeness (QED) is 0.576. The number of fused-ring (bicyclic) bond motifs is 2. The molecule has 138 valence electrons. The maximum Gasteiger partial charge on any atom is 0.269 e. The van der Waals surface area contributed by atoms with E-state index in [9.17, 15) is 9.90 Å². The van der Waals surface area contributed by atoms with Gasteiger partial charge in [0.15, 0.2) is 0 Å². The first-order valence-electron chi connectivity index (χ1n) is 9.02. The van der Waals surface area contributed by atoms with E-state index in [4.69, 9.17) is 0 Å². The van der Waals surface area contributed by atoms with Crippen LogP contribution in [-0.2, 0) is 6.54 Å². The van der Waals surface area contributed by atoms with Gasteiger partial charge in [-0.25, -0.2) is 0 Å². The summed E-state index contributed by atoms with van der Waals surface area (Å²) in [4.78, 5) is 21.2. The van der Waals surface area contributed by atoms with Crippen LogP contribution in [0, 0.1) is 0 Å². The Bertz CT molecular complexity index is 1200. The number of benzene rings is 1. The number of hydrogen-bond acceptors (Lipinski definition) is 5. The van der Waals surface area contributed by atoms with Crippen LogP contribution in [0.4, 0.5) is 0 Å². The zero-order chi connectivity index (χ0) is 19.1. The highest BCUT2D eigenvalue weighted by molar-refractivity contribution is 5.94. The number of carbonyl (C=O) groups is 1. The predicted octanol–water partition coefficient (Wildman–Crippen LogP) is 2.26. The van der Waals surface area contributed by atoms with Crippen LogP contribution in [0.25, 0.3) is 33.4 Å². The lowest BCUT2D eigenvalue weighted by molar-refractivity contribution is 0.0863. The minimum atomic E-state index is -0.315. The Hall–Kier alpha value is -3.58. The maximum absolute atomic E-state index is 12.2. The van der Waals surface area contributed by atoms with Crippen molar-refractivity contribution in [1.29, 1.82) is 0 Å². The van der Waals surface area contributed by atoms with E-state index in [2.05, 4.69) is 26.4 Å². The van der Waals surface area contributed by atoms with Gasteiger partial charge in [0.2, 0.25) is 0 Å². The van der Waals surface area contributed by atoms with Gasteiger partial charge in [-0.1, -0.05) is 18.2 Å². The van der Waals surface area contributed by atoms with Gasteiger partial charge in [0, 0.05) is 28.9 Å². The molecule has 0 saturated carbocycles. The van der Waals surface area contributed by atoms with E-state index in [1.807, 2.05) is 42.6 Å². The molecule has 4 aromatic rings. The Morgan fingerprint density at radius 3 is 2.86 bits per heavy atom. The number of aliphatic hydroxyl groups is 1. The Morgan fingerprint density at radius 1 is 1.07 bits per heavy atom. The topological polar surface area (TPSA) is 92.9 Å². The number of carbonyl (C=O) groups excluding carboxylic acids is 1. The molecule has 0 saturated heterocycles. The monoisotopic (exact) mass is 371 g/mol. The summed E-state index contributed by atoms with van der Waals surface area (Å²) >= 11 is 0. The summed E-state index contributed by atoms with van der Waals surface area (Å²) in [5.41, 5.74) is 4.70. The van der Waals surface area contributed by atoms with Crippen LogP contribution in [-0.4, -0.2) is 43.4 Å². The predicted molar refractivity (Wildman–Crippen MR) is 105 cm³/mol. The first-order valence-corrected chi connectivity index (χ1v) is 9.02. The Kier molecular flexibility index (Phi) is 3.87. The highest BCUT2D eigenvalue weighted by Crippen LogP contribution is 2.26. The number of rotatable bonds is 3. The van der Waals surface area contributed by atoms with Crippen LogP contribution in [0.1, 0.15) is 10.5 Å². The highest BCUT2D eigenvalue weighted by Gasteiger charge is 2.26. The maximum atomic E-state index is 12.2. The standard InChI is InChI=1S/C21H17N5O2/c27-12-16-11-26-20(21(28)24-16)9-19(25-26)14-5-6-22-18(8-14)15-7-13-3-1-2-4-17(13)23-10-15/h1-10,16,27H,11-12H2,(H,24,28). The van der Waals surface area contributed by atoms with Crippen LogP contribution < -0.4 is 5.32 Å². The fraction of sp³-hybridized carbons (Fsp3) is 0.143. The molecule has 0 spiro atoms. The molecule has 1 unspecified atom stereocenters. The number of aromatic nitrogens is 4. The molecule has 0 aliphatic carbocycles. The van der Waals surface area contributed by atoms with Gasteiger partial charge in [-0.15, -0.1) is 0 Å². The number of aliphatic hydroxyl groups excluding tert-OH is 1. The molecule has 1 amide bonds. The zero-order valence-electron chi connectivity index (χ0n) is 14.9. The largest absolute Gasteiger partial charge is 0.394 e. The molecule has 1 atom stereocenters. The highest BCUT2D eigenvalue weighted by atomic mass is 16.3. The number of para-hydroxylation sites is 1. The third-order valence-corrected chi connectivity index (χ3v) is 4.90. The lowest BCUT2D eigenvalue weighted by Gasteiger charge is -2.22. The number of pyridine rings is 2. The molecule has 0 radical (unpaired) electrons. The second-order valence-electron chi connectivity index (χ2n) is 6.80. The molecule has 2 N–H and O–H groups in total. The number of amides is 1. The molecule has 28 heavy (non-hydrogen) atoms. The number of nitrogens with one attached hydrogen (secondary N) is 1. The minimum Gasteiger partial charge on any atom is -0.394 e. The fourth-order valence-electron chi connectivity index (χ4n) is 3.46. The van der Waals surface area contributed by atoms with E-state index in [-0.39, 0.29) is 18.6 Å². The van der Waals surface area contributed by atoms with Crippen LogP contribution in [0.15, 0.2) is 60.9 Å². The molecule has 5 rings (SSSR count). The first-order chi connectivity index (χ1) is 13.7. The van der Waals surface area contributed by atoms with Gasteiger partial charge in [-0.2, -0.15) is 5.10 Å². The van der Waals surface area contributed by atoms with Gasteiger partial charge in [0.1, 0.15) is 5.69 Å². The molecule has 0 bridgehead atoms. The Balaban J connectivity index is 1.53. The molecule has 1 aromatic carbocycles. The van der Waals surface area contributed by atoms with E-state index in [0.717, 1.165) is 27.7 Å². The summed E-state index contributed by atoms with van der Waals surface area (Å²) in [5.74, 6) is -0.225. The van der Waals surface area contributed by atoms with Crippen molar-refractivity contribution in [2.75, 3.05) is 6.61 Å². The van der Waals surface area contributed by atoms with Crippen LogP contribution >= 0.6 is 0 Å². The van der Waals surface area contributed by atoms with Gasteiger partial charge in [0.25, 0.3) is 5.91 Å². The molecular formula is C21H17N5O2. The lowest BCUT2D eigenvalue weighted by atomic mass is 10.1. The van der Waals surface area contributed by atoms with Crippen molar-refractivity contribution in [3.05, 3.63) is 66.6 Å². The van der Waals surface area contributed by atoms with Crippen molar-refractivity contribution in [2.24, 2.45) is 0 Å². The minimum absolute atomic E-state index is 0.116. The Labute approximate surface area is 160 Å². The smallest absolute Gasteiger partial charge is 0.269 e. The molecule has 0 fully saturated rings. The summed E-state index contributed by atoms with van der Waals surface area (Å²) < 4.78 is 1.65. The molecule has 3 aromatic heterocycles. The zero-order valence-corrected chi connectivity index (χ0v) is 14.9. The van der Waals surface area contributed by atoms with Crippen LogP contribution in [0.5, 0.6) is 0 Å². The summed E-state index contributed by atoms with van der Waals surface area (Å²) in [6.07, 6.45) is 3.54. The average molecular weight is 371 g/mol. The van der Waals surface area contributed by atoms with E-state index in [0.29, 0.717) is 17.9 Å². The second kappa shape index (κ2) is 6.54. The lowest BCUT2D eigenvalue weighted by Crippen LogP contribution is -2.46. The van der Waals surface area contributed by atoms with Crippen molar-refractivity contribution in [3.8, 4) is 22.5 Å². The van der Waals surface area contributed by atoms with Crippen molar-refractivity contribution in [3.63, 3.8) is 0 Å². The van der Waals surface area contributed by atoms with Crippen LogP contribution in [0.3, 0.4) is 0 Å². The fourth-order valence-corrected chi connectivity index (χ4v) is 3.46. The van der Waals surface area contributed by atoms with Gasteiger partial charge in [-0.3, -0.25) is 19.4 Å². The van der Waals surface area contributed by atoms with Crippen LogP contribution in [0.2, 0.25) is 0 Å². The van der Waals surface area contributed by atoms with E-state index in [1.54, 1.807) is 16.9 Å². The average Bonchev–Trinajstić information content (AvgIpc) is 3.18. The van der Waals surface area contributed by atoms with E-state index < -0.39 is 0 Å². The molecule has 7 nitrogen and oxygen atoms in total. The van der Waals surface area contributed by atoms with Crippen molar-refractivity contribution < 1.29 is 9.90 Å². The third-order valence-electron chi connectivity index (χ3n) is 4.90. The van der Waals surface area contributed by atoms with Gasteiger partial charge >= 0.3 is 0 Å². The summed E-state index contributed by atoms with van der Waals surface area (Å²) in [6.45, 7) is 0.332.